The second-order valence-corrected chi connectivity index (χ2v) is 5.15. The molecule has 2 N–H and O–H groups in total. The standard InChI is InChI=1S/C11H22N2O2S/c1-15-7-6-12-4-5-13-11(14)10-2-8-16-9-3-10/h10,12H,2-9H2,1H3,(H,13,14). The van der Waals surface area contributed by atoms with Crippen LogP contribution in [0.25, 0.3) is 0 Å². The minimum Gasteiger partial charge on any atom is -0.383 e. The molecule has 0 saturated carbocycles. The third-order valence-electron chi connectivity index (χ3n) is 2.68. The van der Waals surface area contributed by atoms with Gasteiger partial charge in [-0.05, 0) is 24.3 Å². The van der Waals surface area contributed by atoms with Gasteiger partial charge in [-0.25, -0.2) is 0 Å². The van der Waals surface area contributed by atoms with Crippen molar-refractivity contribution in [3.63, 3.8) is 0 Å². The summed E-state index contributed by atoms with van der Waals surface area (Å²) in [4.78, 5) is 11.7. The van der Waals surface area contributed by atoms with Crippen LogP contribution in [0.2, 0.25) is 0 Å². The van der Waals surface area contributed by atoms with Crippen LogP contribution < -0.4 is 10.6 Å². The normalized spacial score (nSPS) is 17.3. The lowest BCUT2D eigenvalue weighted by Crippen LogP contribution is -2.37. The molecule has 0 aromatic heterocycles. The van der Waals surface area contributed by atoms with E-state index in [-0.39, 0.29) is 11.8 Å². The van der Waals surface area contributed by atoms with E-state index in [1.807, 2.05) is 11.8 Å². The summed E-state index contributed by atoms with van der Waals surface area (Å²) in [5.74, 6) is 2.74. The molecule has 0 atom stereocenters. The van der Waals surface area contributed by atoms with Crippen molar-refractivity contribution in [2.45, 2.75) is 12.8 Å². The van der Waals surface area contributed by atoms with Crippen LogP contribution in [0.15, 0.2) is 0 Å². The highest BCUT2D eigenvalue weighted by Gasteiger charge is 2.20. The zero-order valence-electron chi connectivity index (χ0n) is 9.96. The predicted molar refractivity (Wildman–Crippen MR) is 67.8 cm³/mol. The monoisotopic (exact) mass is 246 g/mol. The minimum atomic E-state index is 0.230. The van der Waals surface area contributed by atoms with E-state index in [1.54, 1.807) is 7.11 Å². The molecule has 0 unspecified atom stereocenters. The lowest BCUT2D eigenvalue weighted by atomic mass is 10.0. The first-order chi connectivity index (χ1) is 7.84. The topological polar surface area (TPSA) is 50.4 Å². The van der Waals surface area contributed by atoms with Gasteiger partial charge in [0.1, 0.15) is 0 Å². The first-order valence-corrected chi connectivity index (χ1v) is 7.05. The molecular formula is C11H22N2O2S. The number of rotatable bonds is 7. The van der Waals surface area contributed by atoms with E-state index in [1.165, 1.54) is 0 Å². The Bertz CT molecular complexity index is 196. The predicted octanol–water partition coefficient (Wildman–Crippen LogP) is 0.482. The van der Waals surface area contributed by atoms with Gasteiger partial charge >= 0.3 is 0 Å². The molecule has 1 heterocycles. The van der Waals surface area contributed by atoms with Gasteiger partial charge in [-0.1, -0.05) is 0 Å². The number of carbonyl (C=O) groups is 1. The number of amides is 1. The van der Waals surface area contributed by atoms with E-state index < -0.39 is 0 Å². The fourth-order valence-electron chi connectivity index (χ4n) is 1.68. The SMILES string of the molecule is COCCNCCNC(=O)C1CCSCC1. The molecule has 0 spiro atoms. The van der Waals surface area contributed by atoms with E-state index in [0.717, 1.165) is 37.4 Å². The Balaban J connectivity index is 1.97. The fourth-order valence-corrected chi connectivity index (χ4v) is 2.78. The molecule has 1 aliphatic heterocycles. The molecular weight excluding hydrogens is 224 g/mol. The van der Waals surface area contributed by atoms with E-state index in [2.05, 4.69) is 10.6 Å². The molecule has 1 rings (SSSR count). The maximum absolute atomic E-state index is 11.7. The number of thioether (sulfide) groups is 1. The molecule has 1 saturated heterocycles. The minimum absolute atomic E-state index is 0.230. The zero-order chi connectivity index (χ0) is 11.6. The van der Waals surface area contributed by atoms with E-state index >= 15 is 0 Å². The summed E-state index contributed by atoms with van der Waals surface area (Å²) in [6, 6.07) is 0. The summed E-state index contributed by atoms with van der Waals surface area (Å²) in [5.41, 5.74) is 0. The molecule has 94 valence electrons. The van der Waals surface area contributed by atoms with Crippen molar-refractivity contribution in [2.75, 3.05) is 44.9 Å². The van der Waals surface area contributed by atoms with Crippen LogP contribution in [-0.2, 0) is 9.53 Å². The molecule has 16 heavy (non-hydrogen) atoms. The van der Waals surface area contributed by atoms with Gasteiger partial charge in [0, 0.05) is 32.7 Å². The van der Waals surface area contributed by atoms with Gasteiger partial charge in [0.15, 0.2) is 0 Å². The van der Waals surface area contributed by atoms with Crippen molar-refractivity contribution >= 4 is 17.7 Å². The molecule has 4 nitrogen and oxygen atoms in total. The van der Waals surface area contributed by atoms with Gasteiger partial charge in [-0.15, -0.1) is 0 Å². The quantitative estimate of drug-likeness (QED) is 0.642. The largest absolute Gasteiger partial charge is 0.383 e. The molecule has 1 amide bonds. The summed E-state index contributed by atoms with van der Waals surface area (Å²) in [5, 5.41) is 6.18. The Labute approximate surface area is 102 Å². The Hall–Kier alpha value is -0.260. The van der Waals surface area contributed by atoms with Crippen LogP contribution >= 0.6 is 11.8 Å². The maximum Gasteiger partial charge on any atom is 0.223 e. The molecule has 0 aromatic rings. The Morgan fingerprint density at radius 1 is 1.31 bits per heavy atom. The van der Waals surface area contributed by atoms with Crippen molar-refractivity contribution in [1.29, 1.82) is 0 Å². The van der Waals surface area contributed by atoms with Gasteiger partial charge in [0.05, 0.1) is 6.61 Å². The molecule has 0 bridgehead atoms. The number of hydrogen-bond donors (Lipinski definition) is 2. The van der Waals surface area contributed by atoms with Crippen LogP contribution in [0.4, 0.5) is 0 Å². The van der Waals surface area contributed by atoms with Crippen LogP contribution in [0.5, 0.6) is 0 Å². The van der Waals surface area contributed by atoms with Gasteiger partial charge in [-0.3, -0.25) is 4.79 Å². The Morgan fingerprint density at radius 2 is 2.06 bits per heavy atom. The van der Waals surface area contributed by atoms with Gasteiger partial charge in [-0.2, -0.15) is 11.8 Å². The average molecular weight is 246 g/mol. The van der Waals surface area contributed by atoms with Gasteiger partial charge in [0.2, 0.25) is 5.91 Å². The van der Waals surface area contributed by atoms with Gasteiger partial charge < -0.3 is 15.4 Å². The van der Waals surface area contributed by atoms with Crippen molar-refractivity contribution in [3.05, 3.63) is 0 Å². The lowest BCUT2D eigenvalue weighted by molar-refractivity contribution is -0.125. The van der Waals surface area contributed by atoms with Crippen LogP contribution in [0, 0.1) is 5.92 Å². The van der Waals surface area contributed by atoms with Crippen molar-refractivity contribution in [1.82, 2.24) is 10.6 Å². The first kappa shape index (κ1) is 13.8. The molecule has 1 aliphatic rings. The highest BCUT2D eigenvalue weighted by atomic mass is 32.2. The molecule has 5 heteroatoms. The maximum atomic E-state index is 11.7. The second kappa shape index (κ2) is 8.84. The molecule has 0 aliphatic carbocycles. The molecule has 0 radical (unpaired) electrons. The summed E-state index contributed by atoms with van der Waals surface area (Å²) in [7, 11) is 1.69. The smallest absolute Gasteiger partial charge is 0.223 e. The van der Waals surface area contributed by atoms with E-state index in [9.17, 15) is 4.79 Å². The van der Waals surface area contributed by atoms with Crippen LogP contribution in [0.3, 0.4) is 0 Å². The number of hydrogen-bond acceptors (Lipinski definition) is 4. The summed E-state index contributed by atoms with van der Waals surface area (Å²) in [6.45, 7) is 3.09. The average Bonchev–Trinajstić information content (AvgIpc) is 2.34. The van der Waals surface area contributed by atoms with Crippen LogP contribution in [0.1, 0.15) is 12.8 Å². The first-order valence-electron chi connectivity index (χ1n) is 5.89. The Morgan fingerprint density at radius 3 is 2.75 bits per heavy atom. The third kappa shape index (κ3) is 5.72. The summed E-state index contributed by atoms with van der Waals surface area (Å²) >= 11 is 1.95. The van der Waals surface area contributed by atoms with Crippen molar-refractivity contribution < 1.29 is 9.53 Å². The number of nitrogens with one attached hydrogen (secondary N) is 2. The molecule has 1 fully saturated rings. The van der Waals surface area contributed by atoms with E-state index in [4.69, 9.17) is 4.74 Å². The second-order valence-electron chi connectivity index (χ2n) is 3.92. The molecule has 0 aromatic carbocycles. The summed E-state index contributed by atoms with van der Waals surface area (Å²) in [6.07, 6.45) is 2.07. The third-order valence-corrected chi connectivity index (χ3v) is 3.72. The van der Waals surface area contributed by atoms with Crippen molar-refractivity contribution in [3.8, 4) is 0 Å². The Kier molecular flexibility index (Phi) is 7.63. The van der Waals surface area contributed by atoms with Gasteiger partial charge in [0.25, 0.3) is 0 Å². The number of carbonyl (C=O) groups excluding carboxylic acids is 1. The number of ether oxygens (including phenoxy) is 1. The van der Waals surface area contributed by atoms with E-state index in [0.29, 0.717) is 13.2 Å². The lowest BCUT2D eigenvalue weighted by Gasteiger charge is -2.20. The van der Waals surface area contributed by atoms with Crippen LogP contribution in [-0.4, -0.2) is 50.8 Å². The highest BCUT2D eigenvalue weighted by molar-refractivity contribution is 7.99. The fraction of sp³-hybridized carbons (Fsp3) is 0.909. The summed E-state index contributed by atoms with van der Waals surface area (Å²) < 4.78 is 4.91. The number of methoxy groups -OCH3 is 1. The van der Waals surface area contributed by atoms with Crippen molar-refractivity contribution in [2.24, 2.45) is 5.92 Å². The highest BCUT2D eigenvalue weighted by Crippen LogP contribution is 2.22. The zero-order valence-corrected chi connectivity index (χ0v) is 10.8.